The normalized spacial score (nSPS) is 12.9. The molecule has 1 aromatic carbocycles. The van der Waals surface area contributed by atoms with E-state index in [2.05, 4.69) is 37.4 Å². The molecule has 84 valence electrons. The number of anilines is 1. The molecule has 0 aliphatic carbocycles. The molecule has 15 heavy (non-hydrogen) atoms. The Hall–Kier alpha value is -1.02. The lowest BCUT2D eigenvalue weighted by atomic mass is 10.0. The SMILES string of the molecule is CCC(O)CNc1ccccc1C(C)C. The van der Waals surface area contributed by atoms with E-state index in [-0.39, 0.29) is 6.10 Å². The highest BCUT2D eigenvalue weighted by molar-refractivity contribution is 5.52. The Kier molecular flexibility index (Phi) is 4.63. The minimum atomic E-state index is -0.259. The summed E-state index contributed by atoms with van der Waals surface area (Å²) in [4.78, 5) is 0. The Morgan fingerprint density at radius 3 is 2.53 bits per heavy atom. The predicted octanol–water partition coefficient (Wildman–Crippen LogP) is 2.99. The molecule has 1 rings (SSSR count). The largest absolute Gasteiger partial charge is 0.391 e. The second kappa shape index (κ2) is 5.76. The summed E-state index contributed by atoms with van der Waals surface area (Å²) < 4.78 is 0. The molecule has 0 aliphatic rings. The summed E-state index contributed by atoms with van der Waals surface area (Å²) in [5.74, 6) is 0.507. The molecule has 0 amide bonds. The van der Waals surface area contributed by atoms with Gasteiger partial charge in [-0.05, 0) is 24.0 Å². The van der Waals surface area contributed by atoms with Crippen molar-refractivity contribution >= 4 is 5.69 Å². The number of benzene rings is 1. The molecule has 2 heteroatoms. The van der Waals surface area contributed by atoms with Crippen LogP contribution >= 0.6 is 0 Å². The zero-order valence-corrected chi connectivity index (χ0v) is 9.83. The van der Waals surface area contributed by atoms with Crippen LogP contribution in [-0.2, 0) is 0 Å². The van der Waals surface area contributed by atoms with E-state index in [1.54, 1.807) is 0 Å². The van der Waals surface area contributed by atoms with Gasteiger partial charge in [0.25, 0.3) is 0 Å². The fraction of sp³-hybridized carbons (Fsp3) is 0.538. The van der Waals surface area contributed by atoms with E-state index in [0.717, 1.165) is 12.1 Å². The quantitative estimate of drug-likeness (QED) is 0.778. The first-order valence-corrected chi connectivity index (χ1v) is 5.66. The van der Waals surface area contributed by atoms with Gasteiger partial charge < -0.3 is 10.4 Å². The zero-order valence-electron chi connectivity index (χ0n) is 9.83. The van der Waals surface area contributed by atoms with Crippen LogP contribution < -0.4 is 5.32 Å². The summed E-state index contributed by atoms with van der Waals surface area (Å²) in [6, 6.07) is 8.27. The molecule has 2 N–H and O–H groups in total. The standard InChI is InChI=1S/C13H21NO/c1-4-11(15)9-14-13-8-6-5-7-12(13)10(2)3/h5-8,10-11,14-15H,4,9H2,1-3H3. The van der Waals surface area contributed by atoms with Crippen molar-refractivity contribution < 1.29 is 5.11 Å². The fourth-order valence-electron chi connectivity index (χ4n) is 1.53. The summed E-state index contributed by atoms with van der Waals surface area (Å²) in [6.45, 7) is 6.97. The van der Waals surface area contributed by atoms with E-state index in [9.17, 15) is 5.11 Å². The van der Waals surface area contributed by atoms with Crippen molar-refractivity contribution in [3.63, 3.8) is 0 Å². The first-order chi connectivity index (χ1) is 7.15. The van der Waals surface area contributed by atoms with Crippen LogP contribution in [0.15, 0.2) is 24.3 Å². The molecule has 0 spiro atoms. The average Bonchev–Trinajstić information content (AvgIpc) is 2.26. The van der Waals surface area contributed by atoms with Crippen LogP contribution in [0.1, 0.15) is 38.7 Å². The number of rotatable bonds is 5. The second-order valence-electron chi connectivity index (χ2n) is 4.18. The van der Waals surface area contributed by atoms with Crippen molar-refractivity contribution in [2.24, 2.45) is 0 Å². The lowest BCUT2D eigenvalue weighted by Gasteiger charge is -2.16. The summed E-state index contributed by atoms with van der Waals surface area (Å²) >= 11 is 0. The Bertz CT molecular complexity index is 296. The smallest absolute Gasteiger partial charge is 0.0709 e. The van der Waals surface area contributed by atoms with Gasteiger partial charge in [0.05, 0.1) is 6.10 Å². The lowest BCUT2D eigenvalue weighted by Crippen LogP contribution is -2.18. The minimum Gasteiger partial charge on any atom is -0.391 e. The fourth-order valence-corrected chi connectivity index (χ4v) is 1.53. The van der Waals surface area contributed by atoms with Crippen LogP contribution in [0.5, 0.6) is 0 Å². The first kappa shape index (κ1) is 12.1. The van der Waals surface area contributed by atoms with Gasteiger partial charge in [0.2, 0.25) is 0 Å². The van der Waals surface area contributed by atoms with E-state index in [0.29, 0.717) is 12.5 Å². The van der Waals surface area contributed by atoms with E-state index in [1.807, 2.05) is 13.0 Å². The Balaban J connectivity index is 2.67. The first-order valence-electron chi connectivity index (χ1n) is 5.66. The number of nitrogens with one attached hydrogen (secondary N) is 1. The predicted molar refractivity (Wildman–Crippen MR) is 65.3 cm³/mol. The molecule has 1 atom stereocenters. The molecule has 0 saturated carbocycles. The van der Waals surface area contributed by atoms with Crippen molar-refractivity contribution in [2.75, 3.05) is 11.9 Å². The van der Waals surface area contributed by atoms with Crippen molar-refractivity contribution in [1.29, 1.82) is 0 Å². The van der Waals surface area contributed by atoms with Gasteiger partial charge in [0.15, 0.2) is 0 Å². The number of hydrogen-bond donors (Lipinski definition) is 2. The second-order valence-corrected chi connectivity index (χ2v) is 4.18. The minimum absolute atomic E-state index is 0.259. The highest BCUT2D eigenvalue weighted by Crippen LogP contribution is 2.23. The van der Waals surface area contributed by atoms with Gasteiger partial charge in [-0.15, -0.1) is 0 Å². The van der Waals surface area contributed by atoms with Gasteiger partial charge in [-0.25, -0.2) is 0 Å². The van der Waals surface area contributed by atoms with E-state index in [1.165, 1.54) is 5.56 Å². The number of para-hydroxylation sites is 1. The lowest BCUT2D eigenvalue weighted by molar-refractivity contribution is 0.183. The highest BCUT2D eigenvalue weighted by atomic mass is 16.3. The molecule has 0 fully saturated rings. The topological polar surface area (TPSA) is 32.3 Å². The summed E-state index contributed by atoms with van der Waals surface area (Å²) in [6.07, 6.45) is 0.529. The number of aliphatic hydroxyl groups excluding tert-OH is 1. The average molecular weight is 207 g/mol. The van der Waals surface area contributed by atoms with Crippen LogP contribution in [0.2, 0.25) is 0 Å². The molecule has 1 aromatic rings. The van der Waals surface area contributed by atoms with Crippen LogP contribution in [-0.4, -0.2) is 17.8 Å². The molecule has 0 heterocycles. The van der Waals surface area contributed by atoms with Crippen molar-refractivity contribution in [3.8, 4) is 0 Å². The van der Waals surface area contributed by atoms with Crippen molar-refractivity contribution in [1.82, 2.24) is 0 Å². The van der Waals surface area contributed by atoms with Gasteiger partial charge in [-0.2, -0.15) is 0 Å². The van der Waals surface area contributed by atoms with Crippen LogP contribution in [0.3, 0.4) is 0 Å². The summed E-state index contributed by atoms with van der Waals surface area (Å²) in [5.41, 5.74) is 2.45. The summed E-state index contributed by atoms with van der Waals surface area (Å²) in [7, 11) is 0. The number of hydrogen-bond acceptors (Lipinski definition) is 2. The van der Waals surface area contributed by atoms with E-state index >= 15 is 0 Å². The molecule has 0 aliphatic heterocycles. The maximum Gasteiger partial charge on any atom is 0.0709 e. The van der Waals surface area contributed by atoms with Crippen LogP contribution in [0.25, 0.3) is 0 Å². The maximum absolute atomic E-state index is 9.49. The molecular formula is C13H21NO. The molecule has 1 unspecified atom stereocenters. The third kappa shape index (κ3) is 3.56. The molecule has 0 saturated heterocycles. The molecule has 0 aromatic heterocycles. The van der Waals surface area contributed by atoms with Gasteiger partial charge in [0, 0.05) is 12.2 Å². The zero-order chi connectivity index (χ0) is 11.3. The molecule has 0 bridgehead atoms. The van der Waals surface area contributed by atoms with E-state index in [4.69, 9.17) is 0 Å². The molecule has 0 radical (unpaired) electrons. The third-order valence-electron chi connectivity index (χ3n) is 2.58. The van der Waals surface area contributed by atoms with Crippen molar-refractivity contribution in [3.05, 3.63) is 29.8 Å². The van der Waals surface area contributed by atoms with Crippen LogP contribution in [0, 0.1) is 0 Å². The third-order valence-corrected chi connectivity index (χ3v) is 2.58. The highest BCUT2D eigenvalue weighted by Gasteiger charge is 2.06. The van der Waals surface area contributed by atoms with Crippen LogP contribution in [0.4, 0.5) is 5.69 Å². The van der Waals surface area contributed by atoms with Gasteiger partial charge in [0.1, 0.15) is 0 Å². The maximum atomic E-state index is 9.49. The van der Waals surface area contributed by atoms with Gasteiger partial charge in [-0.1, -0.05) is 39.0 Å². The Morgan fingerprint density at radius 1 is 1.27 bits per heavy atom. The Morgan fingerprint density at radius 2 is 1.93 bits per heavy atom. The molecular weight excluding hydrogens is 186 g/mol. The Labute approximate surface area is 92.3 Å². The molecule has 2 nitrogen and oxygen atoms in total. The monoisotopic (exact) mass is 207 g/mol. The number of aliphatic hydroxyl groups is 1. The van der Waals surface area contributed by atoms with Crippen molar-refractivity contribution in [2.45, 2.75) is 39.2 Å². The van der Waals surface area contributed by atoms with E-state index < -0.39 is 0 Å². The van der Waals surface area contributed by atoms with Gasteiger partial charge >= 0.3 is 0 Å². The summed E-state index contributed by atoms with van der Waals surface area (Å²) in [5, 5.41) is 12.8. The van der Waals surface area contributed by atoms with Gasteiger partial charge in [-0.3, -0.25) is 0 Å².